The molecule has 0 bridgehead atoms. The lowest BCUT2D eigenvalue weighted by atomic mass is 10.1. The van der Waals surface area contributed by atoms with Gasteiger partial charge in [-0.05, 0) is 45.0 Å². The highest BCUT2D eigenvalue weighted by atomic mass is 35.5. The van der Waals surface area contributed by atoms with Crippen molar-refractivity contribution in [1.82, 2.24) is 14.5 Å². The Labute approximate surface area is 148 Å². The topological polar surface area (TPSA) is 69.7 Å². The van der Waals surface area contributed by atoms with Gasteiger partial charge in [0.25, 0.3) is 0 Å². The molecule has 0 radical (unpaired) electrons. The van der Waals surface area contributed by atoms with E-state index >= 15 is 0 Å². The van der Waals surface area contributed by atoms with E-state index in [1.54, 1.807) is 17.0 Å². The van der Waals surface area contributed by atoms with Gasteiger partial charge >= 0.3 is 0 Å². The lowest BCUT2D eigenvalue weighted by Gasteiger charge is -2.34. The van der Waals surface area contributed by atoms with Crippen LogP contribution >= 0.6 is 11.6 Å². The molecule has 0 unspecified atom stereocenters. The van der Waals surface area contributed by atoms with Crippen LogP contribution in [0.2, 0.25) is 5.02 Å². The summed E-state index contributed by atoms with van der Waals surface area (Å²) in [4.78, 5) is 14.1. The van der Waals surface area contributed by atoms with Gasteiger partial charge in [0.15, 0.2) is 0 Å². The van der Waals surface area contributed by atoms with Crippen molar-refractivity contribution < 1.29 is 13.2 Å². The zero-order valence-corrected chi connectivity index (χ0v) is 15.8. The molecule has 0 atom stereocenters. The summed E-state index contributed by atoms with van der Waals surface area (Å²) in [7, 11) is -3.54. The number of carbonyl (C=O) groups is 1. The number of halogens is 1. The molecule has 6 nitrogen and oxygen atoms in total. The van der Waals surface area contributed by atoms with Gasteiger partial charge in [0.2, 0.25) is 15.9 Å². The van der Waals surface area contributed by atoms with E-state index in [1.807, 2.05) is 20.8 Å². The number of nitrogens with one attached hydrogen (secondary N) is 1. The second kappa shape index (κ2) is 7.39. The number of sulfonamides is 1. The predicted molar refractivity (Wildman–Crippen MR) is 94.5 cm³/mol. The summed E-state index contributed by atoms with van der Waals surface area (Å²) in [6, 6.07) is 6.13. The maximum absolute atomic E-state index is 12.6. The largest absolute Gasteiger partial charge is 0.339 e. The van der Waals surface area contributed by atoms with Crippen LogP contribution in [0.3, 0.4) is 0 Å². The first kappa shape index (κ1) is 19.2. The van der Waals surface area contributed by atoms with Gasteiger partial charge in [-0.15, -0.1) is 0 Å². The number of carbonyl (C=O) groups excluding carboxylic acids is 1. The maximum atomic E-state index is 12.6. The van der Waals surface area contributed by atoms with Crippen LogP contribution in [0, 0.1) is 0 Å². The second-order valence-electron chi connectivity index (χ2n) is 6.84. The van der Waals surface area contributed by atoms with Gasteiger partial charge < -0.3 is 10.2 Å². The Balaban J connectivity index is 1.94. The van der Waals surface area contributed by atoms with Crippen molar-refractivity contribution in [2.75, 3.05) is 32.7 Å². The fourth-order valence-corrected chi connectivity index (χ4v) is 3.93. The minimum absolute atomic E-state index is 0.00605. The minimum Gasteiger partial charge on any atom is -0.339 e. The van der Waals surface area contributed by atoms with Crippen LogP contribution in [0.5, 0.6) is 0 Å². The van der Waals surface area contributed by atoms with Crippen molar-refractivity contribution in [3.05, 3.63) is 29.3 Å². The van der Waals surface area contributed by atoms with Crippen molar-refractivity contribution >= 4 is 27.5 Å². The zero-order valence-electron chi connectivity index (χ0n) is 14.3. The highest BCUT2D eigenvalue weighted by Gasteiger charge is 2.30. The van der Waals surface area contributed by atoms with Crippen molar-refractivity contribution in [2.45, 2.75) is 31.2 Å². The van der Waals surface area contributed by atoms with Crippen LogP contribution in [-0.2, 0) is 14.8 Å². The van der Waals surface area contributed by atoms with Crippen LogP contribution in [-0.4, -0.2) is 61.8 Å². The SMILES string of the molecule is CC(C)(C)NCC(=O)N1CCN(S(=O)(=O)c2ccc(Cl)cc2)CC1. The maximum Gasteiger partial charge on any atom is 0.243 e. The Morgan fingerprint density at radius 2 is 1.67 bits per heavy atom. The van der Waals surface area contributed by atoms with E-state index in [0.717, 1.165) is 0 Å². The summed E-state index contributed by atoms with van der Waals surface area (Å²) >= 11 is 5.80. The average molecular weight is 374 g/mol. The summed E-state index contributed by atoms with van der Waals surface area (Å²) in [6.45, 7) is 7.64. The van der Waals surface area contributed by atoms with Crippen LogP contribution < -0.4 is 5.32 Å². The molecular weight excluding hydrogens is 350 g/mol. The quantitative estimate of drug-likeness (QED) is 0.869. The van der Waals surface area contributed by atoms with Crippen molar-refractivity contribution in [2.24, 2.45) is 0 Å². The molecule has 8 heteroatoms. The fourth-order valence-electron chi connectivity index (χ4n) is 2.39. The van der Waals surface area contributed by atoms with Crippen LogP contribution in [0.4, 0.5) is 0 Å². The van der Waals surface area contributed by atoms with Gasteiger partial charge in [-0.2, -0.15) is 4.31 Å². The summed E-state index contributed by atoms with van der Waals surface area (Å²) in [5, 5.41) is 3.65. The van der Waals surface area contributed by atoms with E-state index in [0.29, 0.717) is 31.2 Å². The smallest absolute Gasteiger partial charge is 0.243 e. The zero-order chi connectivity index (χ0) is 18.0. The molecule has 1 saturated heterocycles. The minimum atomic E-state index is -3.54. The molecular formula is C16H24ClN3O3S. The Morgan fingerprint density at radius 1 is 1.12 bits per heavy atom. The van der Waals surface area contributed by atoms with E-state index in [-0.39, 0.29) is 22.9 Å². The molecule has 24 heavy (non-hydrogen) atoms. The third-order valence-electron chi connectivity index (χ3n) is 3.81. The lowest BCUT2D eigenvalue weighted by molar-refractivity contribution is -0.131. The Kier molecular flexibility index (Phi) is 5.91. The molecule has 2 rings (SSSR count). The number of piperazine rings is 1. The molecule has 0 aromatic heterocycles. The van der Waals surface area contributed by atoms with Gasteiger partial charge in [-0.1, -0.05) is 11.6 Å². The number of benzene rings is 1. The van der Waals surface area contributed by atoms with E-state index in [1.165, 1.54) is 16.4 Å². The summed E-state index contributed by atoms with van der Waals surface area (Å²) in [5.41, 5.74) is -0.130. The molecule has 1 N–H and O–H groups in total. The van der Waals surface area contributed by atoms with Gasteiger partial charge in [0, 0.05) is 36.7 Å². The molecule has 1 fully saturated rings. The molecule has 1 amide bonds. The third-order valence-corrected chi connectivity index (χ3v) is 5.98. The Hall–Kier alpha value is -1.15. The van der Waals surface area contributed by atoms with E-state index in [4.69, 9.17) is 11.6 Å². The summed E-state index contributed by atoms with van der Waals surface area (Å²) < 4.78 is 26.6. The predicted octanol–water partition coefficient (Wildman–Crippen LogP) is 1.56. The number of hydrogen-bond donors (Lipinski definition) is 1. The summed E-state index contributed by atoms with van der Waals surface area (Å²) in [6.07, 6.45) is 0. The fraction of sp³-hybridized carbons (Fsp3) is 0.562. The van der Waals surface area contributed by atoms with Crippen molar-refractivity contribution in [1.29, 1.82) is 0 Å². The lowest BCUT2D eigenvalue weighted by Crippen LogP contribution is -2.53. The van der Waals surface area contributed by atoms with Gasteiger partial charge in [-0.3, -0.25) is 4.79 Å². The molecule has 1 aliphatic rings. The molecule has 0 aliphatic carbocycles. The van der Waals surface area contributed by atoms with Gasteiger partial charge in [-0.25, -0.2) is 8.42 Å². The standard InChI is InChI=1S/C16H24ClN3O3S/c1-16(2,3)18-12-15(21)19-8-10-20(11-9-19)24(22,23)14-6-4-13(17)5-7-14/h4-7,18H,8-12H2,1-3H3. The van der Waals surface area contributed by atoms with Crippen molar-refractivity contribution in [3.8, 4) is 0 Å². The van der Waals surface area contributed by atoms with E-state index < -0.39 is 10.0 Å². The number of amides is 1. The van der Waals surface area contributed by atoms with Gasteiger partial charge in [0.1, 0.15) is 0 Å². The first-order valence-electron chi connectivity index (χ1n) is 7.88. The third kappa shape index (κ3) is 4.92. The normalized spacial score (nSPS) is 17.1. The van der Waals surface area contributed by atoms with Crippen LogP contribution in [0.1, 0.15) is 20.8 Å². The molecule has 1 aliphatic heterocycles. The van der Waals surface area contributed by atoms with Gasteiger partial charge in [0.05, 0.1) is 11.4 Å². The summed E-state index contributed by atoms with van der Waals surface area (Å²) in [5.74, 6) is -0.00605. The second-order valence-corrected chi connectivity index (χ2v) is 9.22. The molecule has 1 aromatic carbocycles. The monoisotopic (exact) mass is 373 g/mol. The van der Waals surface area contributed by atoms with Crippen molar-refractivity contribution in [3.63, 3.8) is 0 Å². The number of hydrogen-bond acceptors (Lipinski definition) is 4. The first-order valence-corrected chi connectivity index (χ1v) is 9.70. The molecule has 0 spiro atoms. The Bertz CT molecular complexity index is 676. The molecule has 1 aromatic rings. The molecule has 1 heterocycles. The average Bonchev–Trinajstić information content (AvgIpc) is 2.52. The first-order chi connectivity index (χ1) is 11.1. The van der Waals surface area contributed by atoms with Crippen LogP contribution in [0.15, 0.2) is 29.2 Å². The molecule has 134 valence electrons. The van der Waals surface area contributed by atoms with E-state index in [2.05, 4.69) is 5.32 Å². The Morgan fingerprint density at radius 3 is 2.17 bits per heavy atom. The van der Waals surface area contributed by atoms with E-state index in [9.17, 15) is 13.2 Å². The highest BCUT2D eigenvalue weighted by molar-refractivity contribution is 7.89. The van der Waals surface area contributed by atoms with Crippen LogP contribution in [0.25, 0.3) is 0 Å². The number of rotatable bonds is 4. The highest BCUT2D eigenvalue weighted by Crippen LogP contribution is 2.19. The molecule has 0 saturated carbocycles. The number of nitrogens with zero attached hydrogens (tertiary/aromatic N) is 2.